The van der Waals surface area contributed by atoms with Crippen LogP contribution < -0.4 is 14.4 Å². The predicted molar refractivity (Wildman–Crippen MR) is 198 cm³/mol. The first-order valence-electron chi connectivity index (χ1n) is 16.7. The number of para-hydroxylation sites is 3. The summed E-state index contributed by atoms with van der Waals surface area (Å²) < 4.78 is 19.8. The van der Waals surface area contributed by atoms with Crippen molar-refractivity contribution in [3.63, 3.8) is 0 Å². The van der Waals surface area contributed by atoms with Gasteiger partial charge in [-0.1, -0.05) is 98.8 Å². The largest absolute Gasteiger partial charge is 0.454 e. The van der Waals surface area contributed by atoms with E-state index in [1.807, 2.05) is 30.3 Å². The molecule has 4 nitrogen and oxygen atoms in total. The highest BCUT2D eigenvalue weighted by molar-refractivity contribution is 6.12. The summed E-state index contributed by atoms with van der Waals surface area (Å²) in [7, 11) is 0. The molecule has 0 atom stereocenters. The zero-order valence-corrected chi connectivity index (χ0v) is 27.1. The van der Waals surface area contributed by atoms with E-state index < -0.39 is 0 Å². The lowest BCUT2D eigenvalue weighted by Gasteiger charge is -2.26. The Bertz CT molecular complexity index is 2540. The number of hydrogen-bond donors (Lipinski definition) is 0. The second-order valence-corrected chi connectivity index (χ2v) is 13.4. The normalized spacial score (nSPS) is 13.6. The van der Waals surface area contributed by atoms with Crippen molar-refractivity contribution < 1.29 is 13.9 Å². The molecule has 0 N–H and O–H groups in total. The van der Waals surface area contributed by atoms with Crippen molar-refractivity contribution >= 4 is 39.0 Å². The average molecular weight is 634 g/mol. The Morgan fingerprint density at radius 2 is 1.12 bits per heavy atom. The van der Waals surface area contributed by atoms with E-state index in [9.17, 15) is 0 Å². The van der Waals surface area contributed by atoms with E-state index in [4.69, 9.17) is 13.9 Å². The molecule has 1 aliphatic carbocycles. The minimum absolute atomic E-state index is 0.116. The third kappa shape index (κ3) is 4.24. The molecule has 1 aromatic heterocycles. The molecule has 0 bridgehead atoms. The number of ether oxygens (including phenoxy) is 2. The number of hydrogen-bond acceptors (Lipinski definition) is 4. The van der Waals surface area contributed by atoms with Crippen LogP contribution in [-0.4, -0.2) is 0 Å². The summed E-state index contributed by atoms with van der Waals surface area (Å²) in [4.78, 5) is 2.27. The number of fused-ring (bicyclic) bond motifs is 8. The summed E-state index contributed by atoms with van der Waals surface area (Å²) in [5.41, 5.74) is 11.7. The number of rotatable bonds is 4. The molecule has 234 valence electrons. The number of nitrogens with zero attached hydrogens (tertiary/aromatic N) is 1. The fourth-order valence-corrected chi connectivity index (χ4v) is 7.68. The van der Waals surface area contributed by atoms with Crippen molar-refractivity contribution in [3.05, 3.63) is 163 Å². The Hall–Kier alpha value is -6.26. The lowest BCUT2D eigenvalue weighted by molar-refractivity contribution is 0.359. The molecule has 2 heterocycles. The van der Waals surface area contributed by atoms with Crippen LogP contribution in [0.5, 0.6) is 23.0 Å². The quantitative estimate of drug-likeness (QED) is 0.193. The molecule has 0 fully saturated rings. The van der Waals surface area contributed by atoms with Gasteiger partial charge < -0.3 is 18.8 Å². The fraction of sp³-hybridized carbons (Fsp3) is 0.0667. The molecule has 10 rings (SSSR count). The van der Waals surface area contributed by atoms with Crippen molar-refractivity contribution in [2.45, 2.75) is 19.3 Å². The molecule has 0 unspecified atom stereocenters. The maximum absolute atomic E-state index is 6.65. The maximum atomic E-state index is 6.65. The second-order valence-electron chi connectivity index (χ2n) is 13.4. The van der Waals surface area contributed by atoms with Crippen molar-refractivity contribution in [3.8, 4) is 45.3 Å². The highest BCUT2D eigenvalue weighted by atomic mass is 16.6. The summed E-state index contributed by atoms with van der Waals surface area (Å²) in [6.07, 6.45) is 0. The van der Waals surface area contributed by atoms with Gasteiger partial charge >= 0.3 is 0 Å². The predicted octanol–water partition coefficient (Wildman–Crippen LogP) is 12.9. The Labute approximate surface area is 284 Å². The van der Waals surface area contributed by atoms with Gasteiger partial charge in [0.25, 0.3) is 0 Å². The molecule has 1 aliphatic heterocycles. The molecule has 0 spiro atoms. The Morgan fingerprint density at radius 1 is 0.469 bits per heavy atom. The number of benzene rings is 7. The summed E-state index contributed by atoms with van der Waals surface area (Å²) in [5.74, 6) is 2.87. The van der Waals surface area contributed by atoms with Crippen LogP contribution in [0.3, 0.4) is 0 Å². The van der Waals surface area contributed by atoms with E-state index in [0.717, 1.165) is 61.6 Å². The zero-order chi connectivity index (χ0) is 32.7. The van der Waals surface area contributed by atoms with E-state index in [2.05, 4.69) is 140 Å². The molecule has 0 amide bonds. The van der Waals surface area contributed by atoms with Crippen LogP contribution >= 0.6 is 0 Å². The third-order valence-electron chi connectivity index (χ3n) is 10.1. The summed E-state index contributed by atoms with van der Waals surface area (Å²) in [6, 6.07) is 52.7. The SMILES string of the molecule is CC1(C)c2ccccc2-c2cc3c(cc21)Oc1ccc(-c2cc(N(c4ccccc4)c4ccccc4)c4oc5ccccc5c4c2)cc1O3. The molecule has 0 saturated heterocycles. The molecule has 2 aliphatic rings. The number of anilines is 3. The van der Waals surface area contributed by atoms with E-state index in [-0.39, 0.29) is 5.41 Å². The van der Waals surface area contributed by atoms with Gasteiger partial charge in [0.1, 0.15) is 5.58 Å². The molecule has 49 heavy (non-hydrogen) atoms. The summed E-state index contributed by atoms with van der Waals surface area (Å²) in [6.45, 7) is 4.55. The van der Waals surface area contributed by atoms with Gasteiger partial charge in [-0.05, 0) is 100 Å². The van der Waals surface area contributed by atoms with Gasteiger partial charge in [0.2, 0.25) is 0 Å². The lowest BCUT2D eigenvalue weighted by atomic mass is 9.82. The maximum Gasteiger partial charge on any atom is 0.170 e. The lowest BCUT2D eigenvalue weighted by Crippen LogP contribution is -2.15. The van der Waals surface area contributed by atoms with E-state index in [1.54, 1.807) is 0 Å². The summed E-state index contributed by atoms with van der Waals surface area (Å²) in [5, 5.41) is 2.13. The van der Waals surface area contributed by atoms with Crippen LogP contribution in [0, 0.1) is 0 Å². The molecule has 0 radical (unpaired) electrons. The minimum atomic E-state index is -0.116. The second kappa shape index (κ2) is 10.4. The fourth-order valence-electron chi connectivity index (χ4n) is 7.68. The third-order valence-corrected chi connectivity index (χ3v) is 10.1. The standard InChI is InChI=1S/C45H31NO3/c1-45(2)36-19-11-9-17-32(36)34-26-42-43(27-37(34)45)47-40-22-21-28(25-41(40)48-42)29-23-35-33-18-10-12-20-39(33)49-44(35)38(24-29)46(30-13-5-3-6-14-30)31-15-7-4-8-16-31/h3-27H,1-2H3. The number of furan rings is 1. The monoisotopic (exact) mass is 633 g/mol. The smallest absolute Gasteiger partial charge is 0.170 e. The Morgan fingerprint density at radius 3 is 1.92 bits per heavy atom. The first kappa shape index (κ1) is 27.8. The first-order chi connectivity index (χ1) is 24.0. The van der Waals surface area contributed by atoms with Crippen LogP contribution in [0.15, 0.2) is 156 Å². The molecular formula is C45H31NO3. The van der Waals surface area contributed by atoms with Crippen LogP contribution in [0.25, 0.3) is 44.2 Å². The van der Waals surface area contributed by atoms with Crippen molar-refractivity contribution in [2.75, 3.05) is 4.90 Å². The van der Waals surface area contributed by atoms with E-state index >= 15 is 0 Å². The van der Waals surface area contributed by atoms with Gasteiger partial charge in [0.15, 0.2) is 28.6 Å². The topological polar surface area (TPSA) is 34.8 Å². The van der Waals surface area contributed by atoms with Crippen molar-refractivity contribution in [1.82, 2.24) is 0 Å². The van der Waals surface area contributed by atoms with Gasteiger partial charge in [-0.2, -0.15) is 0 Å². The zero-order valence-electron chi connectivity index (χ0n) is 27.1. The van der Waals surface area contributed by atoms with Gasteiger partial charge in [-0.25, -0.2) is 0 Å². The molecule has 8 aromatic rings. The van der Waals surface area contributed by atoms with E-state index in [1.165, 1.54) is 22.3 Å². The Kier molecular flexibility index (Phi) is 5.89. The van der Waals surface area contributed by atoms with Gasteiger partial charge in [-0.15, -0.1) is 0 Å². The summed E-state index contributed by atoms with van der Waals surface area (Å²) >= 11 is 0. The first-order valence-corrected chi connectivity index (χ1v) is 16.7. The molecule has 0 saturated carbocycles. The van der Waals surface area contributed by atoms with E-state index in [0.29, 0.717) is 11.5 Å². The van der Waals surface area contributed by atoms with Gasteiger partial charge in [0, 0.05) is 27.6 Å². The van der Waals surface area contributed by atoms with Crippen LogP contribution in [-0.2, 0) is 5.41 Å². The molecule has 4 heteroatoms. The molecule has 7 aromatic carbocycles. The van der Waals surface area contributed by atoms with Crippen LogP contribution in [0.4, 0.5) is 17.1 Å². The van der Waals surface area contributed by atoms with Crippen LogP contribution in [0.2, 0.25) is 0 Å². The van der Waals surface area contributed by atoms with Gasteiger partial charge in [-0.3, -0.25) is 0 Å². The van der Waals surface area contributed by atoms with Gasteiger partial charge in [0.05, 0.1) is 5.69 Å². The van der Waals surface area contributed by atoms with Crippen molar-refractivity contribution in [1.29, 1.82) is 0 Å². The Balaban J connectivity index is 1.13. The highest BCUT2D eigenvalue weighted by Gasteiger charge is 2.37. The van der Waals surface area contributed by atoms with Crippen LogP contribution in [0.1, 0.15) is 25.0 Å². The highest BCUT2D eigenvalue weighted by Crippen LogP contribution is 2.55. The average Bonchev–Trinajstić information content (AvgIpc) is 3.63. The van der Waals surface area contributed by atoms with Crippen molar-refractivity contribution in [2.24, 2.45) is 0 Å². The minimum Gasteiger partial charge on any atom is -0.454 e. The molecular weight excluding hydrogens is 602 g/mol.